The molecular weight excluding hydrogens is 332 g/mol. The molecule has 0 spiro atoms. The predicted octanol–water partition coefficient (Wildman–Crippen LogP) is 1.81. The topological polar surface area (TPSA) is 116 Å². The number of nitrogens with one attached hydrogen (secondary N) is 2. The van der Waals surface area contributed by atoms with E-state index in [0.29, 0.717) is 5.69 Å². The Labute approximate surface area is 123 Å². The van der Waals surface area contributed by atoms with Crippen LogP contribution in [0, 0.1) is 6.92 Å². The van der Waals surface area contributed by atoms with Gasteiger partial charge in [0.15, 0.2) is 0 Å². The first kappa shape index (κ1) is 16.0. The minimum atomic E-state index is -1.49. The first-order valence-electron chi connectivity index (χ1n) is 5.57. The molecule has 108 valence electrons. The van der Waals surface area contributed by atoms with Gasteiger partial charge in [-0.05, 0) is 30.7 Å². The molecule has 4 N–H and O–H groups in total. The summed E-state index contributed by atoms with van der Waals surface area (Å²) in [7, 11) is 0. The maximum atomic E-state index is 11.6. The fourth-order valence-corrected chi connectivity index (χ4v) is 2.12. The number of halogens is 1. The fraction of sp³-hybridized carbons (Fsp3) is 0.250. The quantitative estimate of drug-likeness (QED) is 0.650. The molecule has 0 bridgehead atoms. The minimum Gasteiger partial charge on any atom is -0.481 e. The van der Waals surface area contributed by atoms with Crippen molar-refractivity contribution in [3.63, 3.8) is 0 Å². The van der Waals surface area contributed by atoms with E-state index in [1.54, 1.807) is 12.1 Å². The van der Waals surface area contributed by atoms with Crippen LogP contribution in [0.25, 0.3) is 0 Å². The van der Waals surface area contributed by atoms with Gasteiger partial charge in [-0.15, -0.1) is 0 Å². The molecule has 1 aromatic rings. The molecule has 0 aliphatic rings. The van der Waals surface area contributed by atoms with E-state index in [0.717, 1.165) is 10.0 Å². The van der Waals surface area contributed by atoms with Crippen molar-refractivity contribution in [2.24, 2.45) is 0 Å². The molecule has 0 heterocycles. The highest BCUT2D eigenvalue weighted by molar-refractivity contribution is 9.10. The predicted molar refractivity (Wildman–Crippen MR) is 74.7 cm³/mol. The Hall–Kier alpha value is -2.09. The van der Waals surface area contributed by atoms with Crippen molar-refractivity contribution in [3.05, 3.63) is 28.2 Å². The first-order valence-corrected chi connectivity index (χ1v) is 6.36. The van der Waals surface area contributed by atoms with Gasteiger partial charge in [-0.3, -0.25) is 4.79 Å². The van der Waals surface area contributed by atoms with Crippen molar-refractivity contribution in [1.82, 2.24) is 5.32 Å². The lowest BCUT2D eigenvalue weighted by atomic mass is 10.2. The summed E-state index contributed by atoms with van der Waals surface area (Å²) in [6, 6.07) is 2.90. The van der Waals surface area contributed by atoms with E-state index in [9.17, 15) is 14.4 Å². The number of aliphatic carboxylic acids is 2. The highest BCUT2D eigenvalue weighted by atomic mass is 79.9. The van der Waals surface area contributed by atoms with Gasteiger partial charge in [-0.2, -0.15) is 0 Å². The molecule has 0 radical (unpaired) electrons. The maximum Gasteiger partial charge on any atom is 0.326 e. The Morgan fingerprint density at radius 2 is 1.90 bits per heavy atom. The monoisotopic (exact) mass is 344 g/mol. The second kappa shape index (κ2) is 6.90. The molecule has 0 fully saturated rings. The van der Waals surface area contributed by atoms with Gasteiger partial charge >= 0.3 is 18.0 Å². The van der Waals surface area contributed by atoms with E-state index >= 15 is 0 Å². The number of anilines is 1. The van der Waals surface area contributed by atoms with E-state index in [-0.39, 0.29) is 0 Å². The average molecular weight is 345 g/mol. The SMILES string of the molecule is Cc1cc(Br)cc(NC(=O)NC(CC(=O)O)C(=O)O)c1. The van der Waals surface area contributed by atoms with Crippen molar-refractivity contribution in [1.29, 1.82) is 0 Å². The summed E-state index contributed by atoms with van der Waals surface area (Å²) in [6.07, 6.45) is -0.694. The van der Waals surface area contributed by atoms with Crippen LogP contribution in [0.1, 0.15) is 12.0 Å². The number of urea groups is 1. The van der Waals surface area contributed by atoms with Crippen molar-refractivity contribution < 1.29 is 24.6 Å². The summed E-state index contributed by atoms with van der Waals surface area (Å²) >= 11 is 3.27. The fourth-order valence-electron chi connectivity index (χ4n) is 1.51. The third-order valence-electron chi connectivity index (χ3n) is 2.28. The summed E-state index contributed by atoms with van der Waals surface area (Å²) in [5.41, 5.74) is 1.36. The summed E-state index contributed by atoms with van der Waals surface area (Å²) in [6.45, 7) is 1.83. The highest BCUT2D eigenvalue weighted by Gasteiger charge is 2.22. The number of carbonyl (C=O) groups excluding carboxylic acids is 1. The Morgan fingerprint density at radius 3 is 2.40 bits per heavy atom. The van der Waals surface area contributed by atoms with Crippen LogP contribution in [0.2, 0.25) is 0 Å². The Bertz CT molecular complexity index is 526. The zero-order valence-corrected chi connectivity index (χ0v) is 12.1. The molecule has 0 saturated heterocycles. The van der Waals surface area contributed by atoms with Gasteiger partial charge < -0.3 is 20.8 Å². The van der Waals surface area contributed by atoms with Gasteiger partial charge in [-0.25, -0.2) is 9.59 Å². The molecular formula is C12H13BrN2O5. The lowest BCUT2D eigenvalue weighted by Crippen LogP contribution is -2.44. The molecule has 1 unspecified atom stereocenters. The van der Waals surface area contributed by atoms with Gasteiger partial charge in [0.25, 0.3) is 0 Å². The molecule has 0 aromatic heterocycles. The van der Waals surface area contributed by atoms with Crippen LogP contribution in [-0.2, 0) is 9.59 Å². The summed E-state index contributed by atoms with van der Waals surface area (Å²) in [4.78, 5) is 33.0. The maximum absolute atomic E-state index is 11.6. The van der Waals surface area contributed by atoms with Crippen LogP contribution in [0.3, 0.4) is 0 Å². The van der Waals surface area contributed by atoms with Gasteiger partial charge in [0, 0.05) is 10.2 Å². The van der Waals surface area contributed by atoms with E-state index < -0.39 is 30.4 Å². The number of carboxylic acid groups (broad SMARTS) is 2. The van der Waals surface area contributed by atoms with E-state index in [4.69, 9.17) is 10.2 Å². The normalized spacial score (nSPS) is 11.5. The number of carboxylic acids is 2. The van der Waals surface area contributed by atoms with Gasteiger partial charge in [-0.1, -0.05) is 15.9 Å². The first-order chi connectivity index (χ1) is 9.27. The Kier molecular flexibility index (Phi) is 5.51. The highest BCUT2D eigenvalue weighted by Crippen LogP contribution is 2.18. The van der Waals surface area contributed by atoms with Crippen LogP contribution in [-0.4, -0.2) is 34.2 Å². The van der Waals surface area contributed by atoms with E-state index in [1.807, 2.05) is 13.0 Å². The second-order valence-electron chi connectivity index (χ2n) is 4.10. The molecule has 1 rings (SSSR count). The number of amides is 2. The minimum absolute atomic E-state index is 0.467. The van der Waals surface area contributed by atoms with Gasteiger partial charge in [0.05, 0.1) is 6.42 Å². The van der Waals surface area contributed by atoms with E-state index in [2.05, 4.69) is 26.6 Å². The molecule has 1 aromatic carbocycles. The molecule has 8 heteroatoms. The standard InChI is InChI=1S/C12H13BrN2O5/c1-6-2-7(13)4-8(3-6)14-12(20)15-9(11(18)19)5-10(16)17/h2-4,9H,5H2,1H3,(H,16,17)(H,18,19)(H2,14,15,20). The molecule has 0 aliphatic heterocycles. The smallest absolute Gasteiger partial charge is 0.326 e. The Balaban J connectivity index is 2.70. The van der Waals surface area contributed by atoms with E-state index in [1.165, 1.54) is 0 Å². The number of aryl methyl sites for hydroxylation is 1. The molecule has 7 nitrogen and oxygen atoms in total. The third kappa shape index (κ3) is 5.27. The summed E-state index contributed by atoms with van der Waals surface area (Å²) < 4.78 is 0.758. The van der Waals surface area contributed by atoms with Crippen LogP contribution < -0.4 is 10.6 Å². The molecule has 1 atom stereocenters. The number of hydrogen-bond donors (Lipinski definition) is 4. The van der Waals surface area contributed by atoms with Crippen LogP contribution in [0.15, 0.2) is 22.7 Å². The second-order valence-corrected chi connectivity index (χ2v) is 5.02. The van der Waals surface area contributed by atoms with Crippen LogP contribution in [0.5, 0.6) is 0 Å². The number of rotatable bonds is 5. The van der Waals surface area contributed by atoms with Crippen molar-refractivity contribution in [2.45, 2.75) is 19.4 Å². The largest absolute Gasteiger partial charge is 0.481 e. The van der Waals surface area contributed by atoms with Crippen LogP contribution in [0.4, 0.5) is 10.5 Å². The summed E-state index contributed by atoms with van der Waals surface area (Å²) in [5, 5.41) is 21.9. The molecule has 0 aliphatic carbocycles. The van der Waals surface area contributed by atoms with Crippen molar-refractivity contribution in [2.75, 3.05) is 5.32 Å². The third-order valence-corrected chi connectivity index (χ3v) is 2.74. The van der Waals surface area contributed by atoms with Crippen molar-refractivity contribution >= 4 is 39.6 Å². The van der Waals surface area contributed by atoms with Crippen LogP contribution >= 0.6 is 15.9 Å². The van der Waals surface area contributed by atoms with Gasteiger partial charge in [0.2, 0.25) is 0 Å². The number of hydrogen-bond acceptors (Lipinski definition) is 3. The average Bonchev–Trinajstić information content (AvgIpc) is 2.25. The Morgan fingerprint density at radius 1 is 1.25 bits per heavy atom. The number of benzene rings is 1. The van der Waals surface area contributed by atoms with Crippen molar-refractivity contribution in [3.8, 4) is 0 Å². The summed E-state index contributed by atoms with van der Waals surface area (Å²) in [5.74, 6) is -2.72. The lowest BCUT2D eigenvalue weighted by Gasteiger charge is -2.13. The number of carbonyl (C=O) groups is 3. The zero-order chi connectivity index (χ0) is 15.3. The molecule has 0 saturated carbocycles. The zero-order valence-electron chi connectivity index (χ0n) is 10.5. The lowest BCUT2D eigenvalue weighted by molar-refractivity contribution is -0.145. The molecule has 20 heavy (non-hydrogen) atoms. The molecule has 2 amide bonds. The van der Waals surface area contributed by atoms with Gasteiger partial charge in [0.1, 0.15) is 6.04 Å².